The van der Waals surface area contributed by atoms with Gasteiger partial charge in [0, 0.05) is 23.9 Å². The van der Waals surface area contributed by atoms with Crippen LogP contribution in [0.2, 0.25) is 11.1 Å². The lowest BCUT2D eigenvalue weighted by Gasteiger charge is -2.36. The SMILES string of the molecule is COC(=O)/C=C1\[C@H](n2ccc(=O)[nH]c2=O)O[C@@H]2COO[Si](C(C)C)(C(C)C)O[C@@H]12. The fourth-order valence-electron chi connectivity index (χ4n) is 3.67. The van der Waals surface area contributed by atoms with Gasteiger partial charge in [-0.15, -0.1) is 0 Å². The summed E-state index contributed by atoms with van der Waals surface area (Å²) in [5.74, 6) is -0.609. The van der Waals surface area contributed by atoms with Crippen LogP contribution in [0.5, 0.6) is 0 Å². The van der Waals surface area contributed by atoms with Gasteiger partial charge in [0.25, 0.3) is 5.56 Å². The van der Waals surface area contributed by atoms with Crippen molar-refractivity contribution in [2.45, 2.75) is 57.2 Å². The molecule has 11 heteroatoms. The lowest BCUT2D eigenvalue weighted by atomic mass is 10.1. The summed E-state index contributed by atoms with van der Waals surface area (Å²) in [5.41, 5.74) is -0.687. The third-order valence-electron chi connectivity index (χ3n) is 5.19. The fraction of sp³-hybridized carbons (Fsp3) is 0.611. The Morgan fingerprint density at radius 3 is 2.59 bits per heavy atom. The molecule has 0 spiro atoms. The predicted molar refractivity (Wildman–Crippen MR) is 103 cm³/mol. The molecule has 1 N–H and O–H groups in total. The molecule has 3 rings (SSSR count). The number of rotatable bonds is 4. The molecular formula is C18H26N2O8Si. The molecule has 10 nitrogen and oxygen atoms in total. The summed E-state index contributed by atoms with van der Waals surface area (Å²) in [4.78, 5) is 43.5. The number of methoxy groups -OCH3 is 1. The summed E-state index contributed by atoms with van der Waals surface area (Å²) in [5, 5.41) is 0. The van der Waals surface area contributed by atoms with Gasteiger partial charge < -0.3 is 13.9 Å². The molecular weight excluding hydrogens is 400 g/mol. The molecule has 3 heterocycles. The van der Waals surface area contributed by atoms with Crippen molar-refractivity contribution in [3.8, 4) is 0 Å². The molecule has 0 bridgehead atoms. The Hall–Kier alpha value is -2.05. The molecule has 0 amide bonds. The molecule has 2 aliphatic rings. The molecule has 0 unspecified atom stereocenters. The Bertz CT molecular complexity index is 898. The van der Waals surface area contributed by atoms with E-state index in [2.05, 4.69) is 4.98 Å². The smallest absolute Gasteiger partial charge is 0.380 e. The van der Waals surface area contributed by atoms with Gasteiger partial charge in [0.2, 0.25) is 0 Å². The van der Waals surface area contributed by atoms with Gasteiger partial charge in [-0.3, -0.25) is 18.9 Å². The topological polar surface area (TPSA) is 118 Å². The van der Waals surface area contributed by atoms with Crippen molar-refractivity contribution in [1.29, 1.82) is 0 Å². The number of hydrogen-bond acceptors (Lipinski definition) is 8. The molecule has 1 aromatic rings. The Morgan fingerprint density at radius 2 is 2.00 bits per heavy atom. The van der Waals surface area contributed by atoms with Crippen LogP contribution in [0.25, 0.3) is 0 Å². The number of ether oxygens (including phenoxy) is 2. The number of carbonyl (C=O) groups excluding carboxylic acids is 1. The van der Waals surface area contributed by atoms with Crippen molar-refractivity contribution in [1.82, 2.24) is 9.55 Å². The van der Waals surface area contributed by atoms with Crippen molar-refractivity contribution >= 4 is 14.5 Å². The average molecular weight is 426 g/mol. The van der Waals surface area contributed by atoms with E-state index < -0.39 is 44.2 Å². The van der Waals surface area contributed by atoms with Gasteiger partial charge in [0.1, 0.15) is 18.8 Å². The molecule has 2 aliphatic heterocycles. The minimum absolute atomic E-state index is 0.0514. The third kappa shape index (κ3) is 4.01. The van der Waals surface area contributed by atoms with E-state index >= 15 is 0 Å². The first-order valence-corrected chi connectivity index (χ1v) is 11.4. The number of H-pyrrole nitrogens is 1. The van der Waals surface area contributed by atoms with Crippen LogP contribution in [-0.4, -0.2) is 50.0 Å². The molecule has 2 saturated heterocycles. The molecule has 0 aromatic carbocycles. The van der Waals surface area contributed by atoms with Crippen molar-refractivity contribution in [3.05, 3.63) is 44.8 Å². The molecule has 0 saturated carbocycles. The zero-order valence-electron chi connectivity index (χ0n) is 17.0. The van der Waals surface area contributed by atoms with Crippen LogP contribution >= 0.6 is 0 Å². The predicted octanol–water partition coefficient (Wildman–Crippen LogP) is 1.14. The van der Waals surface area contributed by atoms with Crippen LogP contribution in [0, 0.1) is 0 Å². The first-order valence-electron chi connectivity index (χ1n) is 9.44. The quantitative estimate of drug-likeness (QED) is 0.330. The van der Waals surface area contributed by atoms with E-state index in [1.165, 1.54) is 30.0 Å². The van der Waals surface area contributed by atoms with Crippen LogP contribution in [0.4, 0.5) is 0 Å². The van der Waals surface area contributed by atoms with E-state index in [4.69, 9.17) is 23.4 Å². The van der Waals surface area contributed by atoms with E-state index in [0.717, 1.165) is 0 Å². The summed E-state index contributed by atoms with van der Waals surface area (Å²) < 4.78 is 24.3. The molecule has 3 atom stereocenters. The van der Waals surface area contributed by atoms with Crippen molar-refractivity contribution < 1.29 is 28.2 Å². The van der Waals surface area contributed by atoms with Crippen LogP contribution in [0.3, 0.4) is 0 Å². The fourth-order valence-corrected chi connectivity index (χ4v) is 6.91. The maximum atomic E-state index is 12.3. The number of nitrogens with zero attached hydrogens (tertiary/aromatic N) is 1. The van der Waals surface area contributed by atoms with Gasteiger partial charge in [-0.1, -0.05) is 27.7 Å². The first kappa shape index (κ1) is 21.7. The number of nitrogens with one attached hydrogen (secondary N) is 1. The Kier molecular flexibility index (Phi) is 6.24. The highest BCUT2D eigenvalue weighted by Crippen LogP contribution is 2.44. The first-order chi connectivity index (χ1) is 13.7. The van der Waals surface area contributed by atoms with Gasteiger partial charge >= 0.3 is 20.2 Å². The molecule has 2 fully saturated rings. The highest BCUT2D eigenvalue weighted by Gasteiger charge is 2.55. The second-order valence-electron chi connectivity index (χ2n) is 7.65. The number of esters is 1. The molecule has 1 aromatic heterocycles. The van der Waals surface area contributed by atoms with Gasteiger partial charge in [0.15, 0.2) is 6.23 Å². The van der Waals surface area contributed by atoms with E-state index in [1.807, 2.05) is 27.7 Å². The van der Waals surface area contributed by atoms with Gasteiger partial charge in [-0.2, -0.15) is 0 Å². The van der Waals surface area contributed by atoms with Gasteiger partial charge in [-0.05, 0) is 11.1 Å². The number of fused-ring (bicyclic) bond motifs is 1. The Morgan fingerprint density at radius 1 is 1.31 bits per heavy atom. The Balaban J connectivity index is 2.09. The van der Waals surface area contributed by atoms with Crippen LogP contribution in [-0.2, 0) is 28.2 Å². The summed E-state index contributed by atoms with van der Waals surface area (Å²) in [6.45, 7) is 8.06. The largest absolute Gasteiger partial charge is 0.466 e. The van der Waals surface area contributed by atoms with Gasteiger partial charge in [0.05, 0.1) is 7.11 Å². The molecule has 29 heavy (non-hydrogen) atoms. The standard InChI is InChI=1S/C18H26N2O8Si/c1-10(2)29(11(3)4)27-16-12(8-15(22)24-5)17(26-13(16)9-25-28-29)20-7-6-14(21)19-18(20)23/h6-8,10-11,13,16-17H,9H2,1-5H3,(H,19,21,23)/b12-8-/t13-,16+,17-/m1/s1. The van der Waals surface area contributed by atoms with Crippen molar-refractivity contribution in [2.75, 3.05) is 13.7 Å². The van der Waals surface area contributed by atoms with E-state index in [0.29, 0.717) is 5.57 Å². The highest BCUT2D eigenvalue weighted by molar-refractivity contribution is 6.70. The number of aromatic nitrogens is 2. The number of carbonyl (C=O) groups is 1. The summed E-state index contributed by atoms with van der Waals surface area (Å²) >= 11 is 0. The summed E-state index contributed by atoms with van der Waals surface area (Å²) in [6.07, 6.45) is 0.340. The van der Waals surface area contributed by atoms with Crippen molar-refractivity contribution in [2.24, 2.45) is 0 Å². The van der Waals surface area contributed by atoms with Crippen LogP contribution in [0.15, 0.2) is 33.5 Å². The van der Waals surface area contributed by atoms with E-state index in [9.17, 15) is 14.4 Å². The van der Waals surface area contributed by atoms with Crippen molar-refractivity contribution in [3.63, 3.8) is 0 Å². The lowest BCUT2D eigenvalue weighted by molar-refractivity contribution is -0.240. The maximum Gasteiger partial charge on any atom is 0.380 e. The van der Waals surface area contributed by atoms with E-state index in [1.54, 1.807) is 0 Å². The zero-order chi connectivity index (χ0) is 21.3. The second-order valence-corrected chi connectivity index (χ2v) is 11.8. The zero-order valence-corrected chi connectivity index (χ0v) is 18.0. The third-order valence-corrected chi connectivity index (χ3v) is 9.41. The summed E-state index contributed by atoms with van der Waals surface area (Å²) in [6, 6.07) is 1.20. The average Bonchev–Trinajstić information content (AvgIpc) is 2.85. The minimum Gasteiger partial charge on any atom is -0.466 e. The molecule has 0 aliphatic carbocycles. The maximum absolute atomic E-state index is 12.3. The van der Waals surface area contributed by atoms with Gasteiger partial charge in [-0.25, -0.2) is 14.5 Å². The monoisotopic (exact) mass is 426 g/mol. The number of hydrogen-bond donors (Lipinski definition) is 1. The van der Waals surface area contributed by atoms with E-state index in [-0.39, 0.29) is 17.7 Å². The summed E-state index contributed by atoms with van der Waals surface area (Å²) in [7, 11) is -1.61. The van der Waals surface area contributed by atoms with Crippen LogP contribution < -0.4 is 11.2 Å². The molecule has 0 radical (unpaired) electrons. The lowest BCUT2D eigenvalue weighted by Crippen LogP contribution is -2.50. The minimum atomic E-state index is -2.87. The normalized spacial score (nSPS) is 27.8. The number of aromatic amines is 1. The Labute approximate surface area is 168 Å². The highest BCUT2D eigenvalue weighted by atomic mass is 28.4. The van der Waals surface area contributed by atoms with Crippen LogP contribution in [0.1, 0.15) is 33.9 Å². The second kappa shape index (κ2) is 8.36. The molecule has 160 valence electrons.